The molecule has 2 fully saturated rings. The molecular formula is C15H18O4. The van der Waals surface area contributed by atoms with Crippen molar-refractivity contribution in [3.8, 4) is 0 Å². The van der Waals surface area contributed by atoms with Crippen molar-refractivity contribution in [2.45, 2.75) is 44.2 Å². The van der Waals surface area contributed by atoms with E-state index in [1.165, 1.54) is 20.0 Å². The maximum Gasteiger partial charge on any atom is 0.338 e. The molecule has 1 aromatic carbocycles. The molecule has 1 saturated carbocycles. The van der Waals surface area contributed by atoms with Crippen LogP contribution in [0.3, 0.4) is 0 Å². The Bertz CT molecular complexity index is 457. The molecule has 3 rings (SSSR count). The molecular weight excluding hydrogens is 244 g/mol. The first-order chi connectivity index (χ1) is 9.29. The van der Waals surface area contributed by atoms with Crippen LogP contribution in [0, 0.1) is 0 Å². The minimum Gasteiger partial charge on any atom is -0.465 e. The quantitative estimate of drug-likeness (QED) is 0.769. The molecule has 1 saturated heterocycles. The Morgan fingerprint density at radius 1 is 1.16 bits per heavy atom. The lowest BCUT2D eigenvalue weighted by Gasteiger charge is -2.21. The average Bonchev–Trinajstić information content (AvgIpc) is 2.90. The Labute approximate surface area is 112 Å². The number of methoxy groups -OCH3 is 1. The van der Waals surface area contributed by atoms with Gasteiger partial charge in [-0.15, -0.1) is 0 Å². The Morgan fingerprint density at radius 3 is 2.42 bits per heavy atom. The fraction of sp³-hybridized carbons (Fsp3) is 0.533. The molecule has 0 aromatic heterocycles. The largest absolute Gasteiger partial charge is 0.465 e. The molecule has 2 aliphatic rings. The van der Waals surface area contributed by atoms with Crippen molar-refractivity contribution in [3.05, 3.63) is 35.4 Å². The summed E-state index contributed by atoms with van der Waals surface area (Å²) < 4.78 is 16.7. The van der Waals surface area contributed by atoms with Gasteiger partial charge < -0.3 is 14.2 Å². The number of carbonyl (C=O) groups excluding carboxylic acids is 1. The van der Waals surface area contributed by atoms with E-state index in [4.69, 9.17) is 14.2 Å². The van der Waals surface area contributed by atoms with Crippen LogP contribution in [0.25, 0.3) is 0 Å². The lowest BCUT2D eigenvalue weighted by atomic mass is 9.95. The zero-order valence-electron chi connectivity index (χ0n) is 11.0. The van der Waals surface area contributed by atoms with E-state index >= 15 is 0 Å². The lowest BCUT2D eigenvalue weighted by molar-refractivity contribution is -0.0686. The topological polar surface area (TPSA) is 44.8 Å². The van der Waals surface area contributed by atoms with Crippen molar-refractivity contribution < 1.29 is 19.0 Å². The summed E-state index contributed by atoms with van der Waals surface area (Å²) in [5, 5.41) is 0. The number of rotatable bonds is 2. The van der Waals surface area contributed by atoms with Gasteiger partial charge >= 0.3 is 5.97 Å². The fourth-order valence-electron chi connectivity index (χ4n) is 2.87. The molecule has 2 atom stereocenters. The normalized spacial score (nSPS) is 27.0. The predicted octanol–water partition coefficient (Wildman–Crippen LogP) is 2.83. The van der Waals surface area contributed by atoms with Crippen LogP contribution < -0.4 is 0 Å². The second-order valence-corrected chi connectivity index (χ2v) is 5.04. The van der Waals surface area contributed by atoms with Crippen LogP contribution in [0.4, 0.5) is 0 Å². The molecule has 1 aromatic rings. The van der Waals surface area contributed by atoms with Gasteiger partial charge in [-0.05, 0) is 18.9 Å². The van der Waals surface area contributed by atoms with Gasteiger partial charge in [0, 0.05) is 5.56 Å². The van der Waals surface area contributed by atoms with Gasteiger partial charge in [0.1, 0.15) is 0 Å². The van der Waals surface area contributed by atoms with E-state index in [1.807, 2.05) is 18.2 Å². The van der Waals surface area contributed by atoms with Gasteiger partial charge in [0.15, 0.2) is 6.29 Å². The van der Waals surface area contributed by atoms with Crippen LogP contribution in [0.1, 0.15) is 47.9 Å². The minimum absolute atomic E-state index is 0.171. The van der Waals surface area contributed by atoms with E-state index in [9.17, 15) is 4.79 Å². The molecule has 4 heteroatoms. The lowest BCUT2D eigenvalue weighted by Crippen LogP contribution is -2.25. The van der Waals surface area contributed by atoms with Crippen molar-refractivity contribution in [2.75, 3.05) is 7.11 Å². The molecule has 102 valence electrons. The number of esters is 1. The Hall–Kier alpha value is -1.39. The highest BCUT2D eigenvalue weighted by Gasteiger charge is 2.39. The summed E-state index contributed by atoms with van der Waals surface area (Å²) in [6.07, 6.45) is 4.37. The van der Waals surface area contributed by atoms with E-state index in [1.54, 1.807) is 6.07 Å². The zero-order valence-corrected chi connectivity index (χ0v) is 11.0. The highest BCUT2D eigenvalue weighted by Crippen LogP contribution is 2.39. The molecule has 0 N–H and O–H groups in total. The molecule has 0 spiro atoms. The monoisotopic (exact) mass is 262 g/mol. The van der Waals surface area contributed by atoms with E-state index < -0.39 is 6.29 Å². The first-order valence-electron chi connectivity index (χ1n) is 6.78. The maximum absolute atomic E-state index is 11.8. The number of benzene rings is 1. The van der Waals surface area contributed by atoms with Gasteiger partial charge in [0.2, 0.25) is 0 Å². The van der Waals surface area contributed by atoms with Crippen LogP contribution in [0.5, 0.6) is 0 Å². The van der Waals surface area contributed by atoms with Gasteiger partial charge in [0.05, 0.1) is 24.9 Å². The van der Waals surface area contributed by atoms with Crippen LogP contribution in [-0.2, 0) is 14.2 Å². The minimum atomic E-state index is -0.441. The second kappa shape index (κ2) is 5.31. The maximum atomic E-state index is 11.8. The molecule has 0 unspecified atom stereocenters. The smallest absolute Gasteiger partial charge is 0.338 e. The van der Waals surface area contributed by atoms with Gasteiger partial charge in [-0.25, -0.2) is 4.79 Å². The van der Waals surface area contributed by atoms with Crippen LogP contribution in [-0.4, -0.2) is 25.3 Å². The van der Waals surface area contributed by atoms with E-state index in [2.05, 4.69) is 0 Å². The van der Waals surface area contributed by atoms with Crippen LogP contribution in [0.2, 0.25) is 0 Å². The summed E-state index contributed by atoms with van der Waals surface area (Å²) in [6.45, 7) is 0. The van der Waals surface area contributed by atoms with E-state index in [-0.39, 0.29) is 18.2 Å². The first kappa shape index (κ1) is 12.6. The number of carbonyl (C=O) groups is 1. The van der Waals surface area contributed by atoms with Gasteiger partial charge in [-0.2, -0.15) is 0 Å². The van der Waals surface area contributed by atoms with Crippen molar-refractivity contribution in [1.82, 2.24) is 0 Å². The van der Waals surface area contributed by atoms with Gasteiger partial charge in [-0.1, -0.05) is 31.0 Å². The number of hydrogen-bond donors (Lipinski definition) is 0. The molecule has 1 heterocycles. The number of ether oxygens (including phenoxy) is 3. The summed E-state index contributed by atoms with van der Waals surface area (Å²) in [5.74, 6) is -0.349. The van der Waals surface area contributed by atoms with Gasteiger partial charge in [0.25, 0.3) is 0 Å². The molecule has 0 bridgehead atoms. The fourth-order valence-corrected chi connectivity index (χ4v) is 2.87. The molecule has 1 aliphatic heterocycles. The van der Waals surface area contributed by atoms with Crippen molar-refractivity contribution in [3.63, 3.8) is 0 Å². The third-order valence-electron chi connectivity index (χ3n) is 3.86. The highest BCUT2D eigenvalue weighted by molar-refractivity contribution is 5.91. The number of fused-ring (bicyclic) bond motifs is 1. The molecule has 0 radical (unpaired) electrons. The van der Waals surface area contributed by atoms with Crippen LogP contribution in [0.15, 0.2) is 24.3 Å². The van der Waals surface area contributed by atoms with Crippen molar-refractivity contribution in [1.29, 1.82) is 0 Å². The Morgan fingerprint density at radius 2 is 1.79 bits per heavy atom. The van der Waals surface area contributed by atoms with Crippen molar-refractivity contribution >= 4 is 5.97 Å². The van der Waals surface area contributed by atoms with Crippen molar-refractivity contribution in [2.24, 2.45) is 0 Å². The summed E-state index contributed by atoms with van der Waals surface area (Å²) in [4.78, 5) is 11.8. The average molecular weight is 262 g/mol. The number of hydrogen-bond acceptors (Lipinski definition) is 4. The van der Waals surface area contributed by atoms with E-state index in [0.717, 1.165) is 18.4 Å². The summed E-state index contributed by atoms with van der Waals surface area (Å²) in [7, 11) is 1.38. The SMILES string of the molecule is COC(=O)c1ccccc1C1O[C@H]2CCCC[C@@H]2O1. The molecule has 19 heavy (non-hydrogen) atoms. The third kappa shape index (κ3) is 2.38. The summed E-state index contributed by atoms with van der Waals surface area (Å²) in [6, 6.07) is 7.32. The van der Waals surface area contributed by atoms with Crippen LogP contribution >= 0.6 is 0 Å². The first-order valence-corrected chi connectivity index (χ1v) is 6.78. The summed E-state index contributed by atoms with van der Waals surface area (Å²) in [5.41, 5.74) is 1.29. The second-order valence-electron chi connectivity index (χ2n) is 5.04. The molecule has 1 aliphatic carbocycles. The molecule has 0 amide bonds. The van der Waals surface area contributed by atoms with E-state index in [0.29, 0.717) is 5.56 Å². The summed E-state index contributed by atoms with van der Waals surface area (Å²) >= 11 is 0. The standard InChI is InChI=1S/C15H18O4/c1-17-14(16)10-6-2-3-7-11(10)15-18-12-8-4-5-9-13(12)19-15/h2-3,6-7,12-13,15H,4-5,8-9H2,1H3/t12-,13-/m0/s1. The Kier molecular flexibility index (Phi) is 3.53. The molecule has 4 nitrogen and oxygen atoms in total. The Balaban J connectivity index is 1.85. The zero-order chi connectivity index (χ0) is 13.2. The third-order valence-corrected chi connectivity index (χ3v) is 3.86. The van der Waals surface area contributed by atoms with Gasteiger partial charge in [-0.3, -0.25) is 0 Å². The highest BCUT2D eigenvalue weighted by atomic mass is 16.7. The predicted molar refractivity (Wildman–Crippen MR) is 68.7 cm³/mol.